The van der Waals surface area contributed by atoms with E-state index in [0.29, 0.717) is 13.0 Å². The van der Waals surface area contributed by atoms with Crippen LogP contribution in [-0.4, -0.2) is 49.6 Å². The summed E-state index contributed by atoms with van der Waals surface area (Å²) >= 11 is 0. The Hall–Kier alpha value is -1.92. The lowest BCUT2D eigenvalue weighted by Gasteiger charge is -2.16. The second-order valence-electron chi connectivity index (χ2n) is 7.28. The van der Waals surface area contributed by atoms with Crippen LogP contribution in [0.1, 0.15) is 45.6 Å². The Balaban J connectivity index is 2.15. The second kappa shape index (κ2) is 12.5. The van der Waals surface area contributed by atoms with Crippen molar-refractivity contribution < 1.29 is 28.9 Å². The van der Waals surface area contributed by atoms with E-state index in [4.69, 9.17) is 14.2 Å². The summed E-state index contributed by atoms with van der Waals surface area (Å²) in [6.07, 6.45) is -0.536. The quantitative estimate of drug-likeness (QED) is 0.562. The van der Waals surface area contributed by atoms with Crippen LogP contribution in [0.3, 0.4) is 0 Å². The van der Waals surface area contributed by atoms with Gasteiger partial charge in [-0.2, -0.15) is 0 Å². The number of benzene rings is 1. The van der Waals surface area contributed by atoms with Gasteiger partial charge in [0.05, 0.1) is 32.2 Å². The fraction of sp³-hybridized carbons (Fsp3) is 0.619. The monoisotopic (exact) mass is 380 g/mol. The maximum Gasteiger partial charge on any atom is 0.308 e. The maximum atomic E-state index is 12.0. The first-order valence-corrected chi connectivity index (χ1v) is 9.42. The van der Waals surface area contributed by atoms with E-state index in [1.54, 1.807) is 13.8 Å². The molecule has 0 heterocycles. The standard InChI is InChI=1S/C21H32O6/c1-15(2)21(24)27-14-19(22)13-25-11-16(3)12-26-20(23)10-17(4)18-8-6-5-7-9-18/h5-9,15-17,19,22H,10-14H2,1-4H3. The Morgan fingerprint density at radius 2 is 1.59 bits per heavy atom. The predicted octanol–water partition coefficient (Wildman–Crippen LogP) is 2.94. The van der Waals surface area contributed by atoms with Gasteiger partial charge < -0.3 is 19.3 Å². The number of hydrogen-bond acceptors (Lipinski definition) is 6. The van der Waals surface area contributed by atoms with Gasteiger partial charge in [-0.3, -0.25) is 9.59 Å². The Kier molecular flexibility index (Phi) is 10.7. The number of carbonyl (C=O) groups is 2. The molecule has 0 bridgehead atoms. The van der Waals surface area contributed by atoms with Crippen molar-refractivity contribution in [3.8, 4) is 0 Å². The van der Waals surface area contributed by atoms with Crippen molar-refractivity contribution in [2.24, 2.45) is 11.8 Å². The smallest absolute Gasteiger partial charge is 0.308 e. The molecule has 0 aliphatic carbocycles. The molecule has 152 valence electrons. The van der Waals surface area contributed by atoms with Gasteiger partial charge in [0.15, 0.2) is 0 Å². The van der Waals surface area contributed by atoms with Gasteiger partial charge in [-0.05, 0) is 11.5 Å². The highest BCUT2D eigenvalue weighted by Crippen LogP contribution is 2.19. The summed E-state index contributed by atoms with van der Waals surface area (Å²) < 4.78 is 15.6. The molecule has 0 saturated heterocycles. The Labute approximate surface area is 161 Å². The first kappa shape index (κ1) is 23.1. The maximum absolute atomic E-state index is 12.0. The van der Waals surface area contributed by atoms with Crippen LogP contribution in [0.25, 0.3) is 0 Å². The molecule has 1 rings (SSSR count). The van der Waals surface area contributed by atoms with Gasteiger partial charge in [0.25, 0.3) is 0 Å². The predicted molar refractivity (Wildman–Crippen MR) is 102 cm³/mol. The van der Waals surface area contributed by atoms with Crippen molar-refractivity contribution in [2.75, 3.05) is 26.4 Å². The summed E-state index contributed by atoms with van der Waals surface area (Å²) in [5, 5.41) is 9.73. The first-order chi connectivity index (χ1) is 12.8. The zero-order valence-electron chi connectivity index (χ0n) is 16.7. The van der Waals surface area contributed by atoms with Crippen LogP contribution in [0.2, 0.25) is 0 Å². The van der Waals surface area contributed by atoms with E-state index < -0.39 is 6.10 Å². The summed E-state index contributed by atoms with van der Waals surface area (Å²) in [7, 11) is 0. The average molecular weight is 380 g/mol. The summed E-state index contributed by atoms with van der Waals surface area (Å²) in [6.45, 7) is 7.95. The van der Waals surface area contributed by atoms with Gasteiger partial charge in [0.1, 0.15) is 12.7 Å². The number of esters is 2. The van der Waals surface area contributed by atoms with E-state index in [9.17, 15) is 14.7 Å². The van der Waals surface area contributed by atoms with Gasteiger partial charge in [-0.1, -0.05) is 58.0 Å². The van der Waals surface area contributed by atoms with E-state index >= 15 is 0 Å². The molecular weight excluding hydrogens is 348 g/mol. The van der Waals surface area contributed by atoms with E-state index in [1.165, 1.54) is 0 Å². The number of rotatable bonds is 12. The number of aliphatic hydroxyl groups excluding tert-OH is 1. The molecule has 0 amide bonds. The molecule has 0 aliphatic heterocycles. The molecule has 6 heteroatoms. The van der Waals surface area contributed by atoms with Crippen LogP contribution >= 0.6 is 0 Å². The number of ether oxygens (including phenoxy) is 3. The average Bonchev–Trinajstić information content (AvgIpc) is 2.65. The number of hydrogen-bond donors (Lipinski definition) is 1. The van der Waals surface area contributed by atoms with Crippen LogP contribution in [0.4, 0.5) is 0 Å². The zero-order chi connectivity index (χ0) is 20.2. The van der Waals surface area contributed by atoms with Crippen LogP contribution in [0, 0.1) is 11.8 Å². The molecule has 1 aromatic rings. The zero-order valence-corrected chi connectivity index (χ0v) is 16.7. The minimum Gasteiger partial charge on any atom is -0.465 e. The lowest BCUT2D eigenvalue weighted by molar-refractivity contribution is -0.151. The minimum absolute atomic E-state index is 0.00592. The van der Waals surface area contributed by atoms with E-state index in [2.05, 4.69) is 0 Å². The molecule has 1 N–H and O–H groups in total. The molecule has 0 saturated carbocycles. The molecular formula is C21H32O6. The highest BCUT2D eigenvalue weighted by atomic mass is 16.6. The van der Waals surface area contributed by atoms with E-state index in [1.807, 2.05) is 44.2 Å². The highest BCUT2D eigenvalue weighted by molar-refractivity contribution is 5.71. The molecule has 3 atom stereocenters. The minimum atomic E-state index is -0.867. The van der Waals surface area contributed by atoms with Crippen LogP contribution in [0.15, 0.2) is 30.3 Å². The largest absolute Gasteiger partial charge is 0.465 e. The van der Waals surface area contributed by atoms with Gasteiger partial charge in [0, 0.05) is 5.92 Å². The second-order valence-corrected chi connectivity index (χ2v) is 7.28. The Morgan fingerprint density at radius 3 is 2.22 bits per heavy atom. The van der Waals surface area contributed by atoms with Crippen LogP contribution in [-0.2, 0) is 23.8 Å². The molecule has 27 heavy (non-hydrogen) atoms. The molecule has 6 nitrogen and oxygen atoms in total. The van der Waals surface area contributed by atoms with Crippen molar-refractivity contribution in [1.29, 1.82) is 0 Å². The topological polar surface area (TPSA) is 82.1 Å². The summed E-state index contributed by atoms with van der Waals surface area (Å²) in [6, 6.07) is 9.85. The molecule has 1 aromatic carbocycles. The fourth-order valence-corrected chi connectivity index (χ4v) is 2.29. The third-order valence-electron chi connectivity index (χ3n) is 3.97. The summed E-state index contributed by atoms with van der Waals surface area (Å²) in [5.41, 5.74) is 1.11. The van der Waals surface area contributed by atoms with Crippen molar-refractivity contribution in [3.63, 3.8) is 0 Å². The normalized spacial score (nSPS) is 14.4. The van der Waals surface area contributed by atoms with E-state index in [-0.39, 0.29) is 49.5 Å². The van der Waals surface area contributed by atoms with E-state index in [0.717, 1.165) is 5.56 Å². The lowest BCUT2D eigenvalue weighted by atomic mass is 9.98. The lowest BCUT2D eigenvalue weighted by Crippen LogP contribution is -2.27. The molecule has 0 fully saturated rings. The first-order valence-electron chi connectivity index (χ1n) is 9.42. The summed E-state index contributed by atoms with van der Waals surface area (Å²) in [4.78, 5) is 23.3. The molecule has 0 radical (unpaired) electrons. The van der Waals surface area contributed by atoms with Crippen molar-refractivity contribution in [1.82, 2.24) is 0 Å². The SMILES string of the molecule is CC(COCC(O)COC(=O)C(C)C)COC(=O)CC(C)c1ccccc1. The van der Waals surface area contributed by atoms with Gasteiger partial charge in [-0.15, -0.1) is 0 Å². The highest BCUT2D eigenvalue weighted by Gasteiger charge is 2.15. The Bertz CT molecular complexity index is 557. The van der Waals surface area contributed by atoms with Gasteiger partial charge >= 0.3 is 11.9 Å². The summed E-state index contributed by atoms with van der Waals surface area (Å²) in [5.74, 6) is -0.698. The van der Waals surface area contributed by atoms with Crippen molar-refractivity contribution >= 4 is 11.9 Å². The Morgan fingerprint density at radius 1 is 0.926 bits per heavy atom. The van der Waals surface area contributed by atoms with Crippen LogP contribution in [0.5, 0.6) is 0 Å². The van der Waals surface area contributed by atoms with Crippen molar-refractivity contribution in [2.45, 2.75) is 46.1 Å². The molecule has 0 aromatic heterocycles. The van der Waals surface area contributed by atoms with Crippen molar-refractivity contribution in [3.05, 3.63) is 35.9 Å². The number of aliphatic hydroxyl groups is 1. The number of carbonyl (C=O) groups excluding carboxylic acids is 2. The molecule has 3 unspecified atom stereocenters. The molecule has 0 spiro atoms. The third kappa shape index (κ3) is 10.1. The van der Waals surface area contributed by atoms with Crippen LogP contribution < -0.4 is 0 Å². The third-order valence-corrected chi connectivity index (χ3v) is 3.97. The van der Waals surface area contributed by atoms with Gasteiger partial charge in [-0.25, -0.2) is 0 Å². The van der Waals surface area contributed by atoms with Gasteiger partial charge in [0.2, 0.25) is 0 Å². The fourth-order valence-electron chi connectivity index (χ4n) is 2.29. The molecule has 0 aliphatic rings.